The number of benzene rings is 2. The van der Waals surface area contributed by atoms with Gasteiger partial charge in [0.25, 0.3) is 0 Å². The van der Waals surface area contributed by atoms with Crippen molar-refractivity contribution in [2.75, 3.05) is 18.1 Å². The minimum absolute atomic E-state index is 0. The number of halogens is 1. The summed E-state index contributed by atoms with van der Waals surface area (Å²) in [6, 6.07) is 13.0. The van der Waals surface area contributed by atoms with Crippen LogP contribution in [0, 0.1) is 6.92 Å². The smallest absolute Gasteiger partial charge is 0.224 e. The topological polar surface area (TPSA) is 99.7 Å². The van der Waals surface area contributed by atoms with Crippen molar-refractivity contribution in [2.24, 2.45) is 4.99 Å². The molecule has 0 aliphatic rings. The maximum atomic E-state index is 11.8. The molecule has 2 aromatic rings. The highest BCUT2D eigenvalue weighted by Crippen LogP contribution is 2.16. The van der Waals surface area contributed by atoms with Gasteiger partial charge in [-0.15, -0.1) is 24.0 Å². The second-order valence-electron chi connectivity index (χ2n) is 7.42. The van der Waals surface area contributed by atoms with Gasteiger partial charge in [0.1, 0.15) is 0 Å². The number of nitrogens with one attached hydrogen (secondary N) is 3. The van der Waals surface area contributed by atoms with Crippen molar-refractivity contribution in [1.29, 1.82) is 0 Å². The van der Waals surface area contributed by atoms with Crippen molar-refractivity contribution in [1.82, 2.24) is 10.6 Å². The summed E-state index contributed by atoms with van der Waals surface area (Å²) in [7, 11) is -3.23. The molecular weight excluding hydrogens is 539 g/mol. The van der Waals surface area contributed by atoms with Crippen LogP contribution in [0.25, 0.3) is 0 Å². The Morgan fingerprint density at radius 2 is 1.78 bits per heavy atom. The predicted octanol–water partition coefficient (Wildman–Crippen LogP) is 4.01. The average molecular weight is 573 g/mol. The van der Waals surface area contributed by atoms with Gasteiger partial charge >= 0.3 is 0 Å². The third kappa shape index (κ3) is 9.15. The summed E-state index contributed by atoms with van der Waals surface area (Å²) >= 11 is 0. The van der Waals surface area contributed by atoms with Crippen LogP contribution in [0.2, 0.25) is 0 Å². The van der Waals surface area contributed by atoms with Crippen LogP contribution < -0.4 is 16.0 Å². The number of nitrogens with zero attached hydrogens (tertiary/aromatic N) is 1. The van der Waals surface area contributed by atoms with Crippen LogP contribution in [0.15, 0.2) is 52.4 Å². The van der Waals surface area contributed by atoms with E-state index < -0.39 is 9.84 Å². The minimum Gasteiger partial charge on any atom is -0.357 e. The van der Waals surface area contributed by atoms with E-state index in [0.717, 1.165) is 28.8 Å². The molecule has 0 bridgehead atoms. The number of anilines is 1. The van der Waals surface area contributed by atoms with Gasteiger partial charge in [-0.25, -0.2) is 13.4 Å². The molecule has 3 N–H and O–H groups in total. The Kier molecular flexibility index (Phi) is 11.7. The summed E-state index contributed by atoms with van der Waals surface area (Å²) in [5.74, 6) is 0.670. The Hall–Kier alpha value is -2.14. The monoisotopic (exact) mass is 572 g/mol. The molecule has 0 heterocycles. The number of carbonyl (C=O) groups excluding carboxylic acids is 1. The highest BCUT2D eigenvalue weighted by molar-refractivity contribution is 14.0. The lowest BCUT2D eigenvalue weighted by molar-refractivity contribution is -0.116. The fourth-order valence-corrected chi connectivity index (χ4v) is 4.09. The summed E-state index contributed by atoms with van der Waals surface area (Å²) in [4.78, 5) is 16.8. The number of hydrogen-bond donors (Lipinski definition) is 3. The molecule has 0 saturated carbocycles. The molecule has 176 valence electrons. The van der Waals surface area contributed by atoms with Crippen LogP contribution in [0.5, 0.6) is 0 Å². The zero-order valence-electron chi connectivity index (χ0n) is 19.1. The van der Waals surface area contributed by atoms with Crippen LogP contribution >= 0.6 is 24.0 Å². The van der Waals surface area contributed by atoms with E-state index in [2.05, 4.69) is 20.9 Å². The third-order valence-corrected chi connectivity index (χ3v) is 5.81. The van der Waals surface area contributed by atoms with Gasteiger partial charge in [-0.05, 0) is 55.2 Å². The molecule has 0 aliphatic carbocycles. The average Bonchev–Trinajstić information content (AvgIpc) is 2.69. The van der Waals surface area contributed by atoms with Gasteiger partial charge < -0.3 is 16.0 Å². The first-order valence-corrected chi connectivity index (χ1v) is 12.3. The van der Waals surface area contributed by atoms with Gasteiger partial charge in [0.15, 0.2) is 15.8 Å². The van der Waals surface area contributed by atoms with Crippen molar-refractivity contribution in [3.8, 4) is 0 Å². The van der Waals surface area contributed by atoms with Crippen molar-refractivity contribution < 1.29 is 13.2 Å². The van der Waals surface area contributed by atoms with Gasteiger partial charge in [0, 0.05) is 31.5 Å². The van der Waals surface area contributed by atoms with Crippen LogP contribution in [-0.4, -0.2) is 33.1 Å². The van der Waals surface area contributed by atoms with Gasteiger partial charge in [0.05, 0.1) is 11.4 Å². The molecule has 9 heteroatoms. The third-order valence-electron chi connectivity index (χ3n) is 4.55. The number of rotatable bonds is 9. The van der Waals surface area contributed by atoms with Gasteiger partial charge in [0.2, 0.25) is 5.91 Å². The first kappa shape index (κ1) is 27.9. The Morgan fingerprint density at radius 1 is 1.03 bits per heavy atom. The zero-order valence-corrected chi connectivity index (χ0v) is 22.2. The second kappa shape index (κ2) is 13.4. The number of carbonyl (C=O) groups is 1. The zero-order chi connectivity index (χ0) is 22.9. The van der Waals surface area contributed by atoms with E-state index in [1.54, 1.807) is 13.0 Å². The van der Waals surface area contributed by atoms with Crippen molar-refractivity contribution in [3.05, 3.63) is 59.2 Å². The summed E-state index contributed by atoms with van der Waals surface area (Å²) < 4.78 is 23.6. The predicted molar refractivity (Wildman–Crippen MR) is 141 cm³/mol. The maximum Gasteiger partial charge on any atom is 0.224 e. The van der Waals surface area contributed by atoms with E-state index >= 15 is 0 Å². The normalized spacial score (nSPS) is 11.4. The summed E-state index contributed by atoms with van der Waals surface area (Å²) in [5.41, 5.74) is 3.45. The lowest BCUT2D eigenvalue weighted by Gasteiger charge is -2.13. The van der Waals surface area contributed by atoms with Crippen molar-refractivity contribution in [2.45, 2.75) is 51.6 Å². The van der Waals surface area contributed by atoms with Crippen molar-refractivity contribution >= 4 is 51.4 Å². The van der Waals surface area contributed by atoms with E-state index in [1.807, 2.05) is 50.2 Å². The van der Waals surface area contributed by atoms with Crippen LogP contribution in [0.3, 0.4) is 0 Å². The lowest BCUT2D eigenvalue weighted by Crippen LogP contribution is -2.36. The molecule has 0 fully saturated rings. The number of sulfone groups is 1. The number of aryl methyl sites for hydroxylation is 1. The molecule has 32 heavy (non-hydrogen) atoms. The Bertz CT molecular complexity index is 1040. The molecular formula is C23H33IN4O3S. The molecule has 0 spiro atoms. The van der Waals surface area contributed by atoms with E-state index in [9.17, 15) is 13.2 Å². The highest BCUT2D eigenvalue weighted by atomic mass is 127. The number of amides is 1. The second-order valence-corrected chi connectivity index (χ2v) is 9.40. The number of guanidine groups is 1. The molecule has 0 aliphatic heterocycles. The summed E-state index contributed by atoms with van der Waals surface area (Å²) in [6.07, 6.45) is 2.53. The standard InChI is InChI=1S/C23H32N4O3S.HI/c1-5-8-22(28)27-20-10-7-9-18(14-20)15-25-23(24-6-2)26-16-19-11-12-21(17(3)13-19)31(4,29)30;/h7,9-14H,5-6,8,15-16H2,1-4H3,(H,27,28)(H2,24,25,26);1H. The summed E-state index contributed by atoms with van der Waals surface area (Å²) in [6.45, 7) is 7.45. The van der Waals surface area contributed by atoms with Gasteiger partial charge in [-0.1, -0.05) is 31.2 Å². The molecule has 0 aromatic heterocycles. The highest BCUT2D eigenvalue weighted by Gasteiger charge is 2.11. The molecule has 2 rings (SSSR count). The molecule has 2 aromatic carbocycles. The molecule has 0 unspecified atom stereocenters. The fourth-order valence-electron chi connectivity index (χ4n) is 3.13. The van der Waals surface area contributed by atoms with Crippen LogP contribution in [0.1, 0.15) is 43.4 Å². The SMILES string of the molecule is CCCC(=O)Nc1cccc(CN=C(NCC)NCc2ccc(S(C)(=O)=O)c(C)c2)c1.I. The van der Waals surface area contributed by atoms with Gasteiger partial charge in [-0.3, -0.25) is 4.79 Å². The summed E-state index contributed by atoms with van der Waals surface area (Å²) in [5, 5.41) is 9.39. The molecule has 0 saturated heterocycles. The molecule has 1 amide bonds. The first-order chi connectivity index (χ1) is 14.7. The van der Waals surface area contributed by atoms with Gasteiger partial charge in [-0.2, -0.15) is 0 Å². The lowest BCUT2D eigenvalue weighted by atomic mass is 10.1. The van der Waals surface area contributed by atoms with E-state index in [4.69, 9.17) is 0 Å². The van der Waals surface area contributed by atoms with E-state index in [-0.39, 0.29) is 29.9 Å². The largest absolute Gasteiger partial charge is 0.357 e. The maximum absolute atomic E-state index is 11.8. The Labute approximate surface area is 208 Å². The number of aliphatic imine (C=N–C) groups is 1. The molecule has 0 atom stereocenters. The quantitative estimate of drug-likeness (QED) is 0.240. The minimum atomic E-state index is -3.23. The fraction of sp³-hybridized carbons (Fsp3) is 0.391. The van der Waals surface area contributed by atoms with Crippen LogP contribution in [-0.2, 0) is 27.7 Å². The van der Waals surface area contributed by atoms with Crippen molar-refractivity contribution in [3.63, 3.8) is 0 Å². The molecule has 0 radical (unpaired) electrons. The van der Waals surface area contributed by atoms with E-state index in [0.29, 0.717) is 36.9 Å². The van der Waals surface area contributed by atoms with E-state index in [1.165, 1.54) is 6.26 Å². The Morgan fingerprint density at radius 3 is 2.41 bits per heavy atom. The Balaban J connectivity index is 0.00000512. The molecule has 7 nitrogen and oxygen atoms in total. The first-order valence-electron chi connectivity index (χ1n) is 10.4. The number of hydrogen-bond acceptors (Lipinski definition) is 4. The van der Waals surface area contributed by atoms with Crippen LogP contribution in [0.4, 0.5) is 5.69 Å².